The van der Waals surface area contributed by atoms with Crippen LogP contribution in [0.25, 0.3) is 10.9 Å². The lowest BCUT2D eigenvalue weighted by Gasteiger charge is -2.41. The van der Waals surface area contributed by atoms with E-state index in [1.54, 1.807) is 0 Å². The molecule has 0 radical (unpaired) electrons. The Kier molecular flexibility index (Phi) is 9.38. The lowest BCUT2D eigenvalue weighted by Crippen LogP contribution is -2.61. The molecule has 3 aromatic carbocycles. The monoisotopic (exact) mass is 603 g/mol. The molecule has 1 aliphatic heterocycles. The Morgan fingerprint density at radius 3 is 2.56 bits per heavy atom. The topological polar surface area (TPSA) is 138 Å². The number of pyridine rings is 1. The first kappa shape index (κ1) is 30.6. The SMILES string of the molecule is Cc1ccc(C[C@H]2CNCCN2[C@@H](CN(O)S(=O)(=O)c2ccc(OCc3cc(C)nc4ccccc34)cc2)C(N)=O)cc1. The Labute approximate surface area is 252 Å². The summed E-state index contributed by atoms with van der Waals surface area (Å²) in [5, 5.41) is 15.1. The molecule has 5 rings (SSSR count). The first-order chi connectivity index (χ1) is 20.6. The summed E-state index contributed by atoms with van der Waals surface area (Å²) in [4.78, 5) is 18.9. The van der Waals surface area contributed by atoms with Crippen LogP contribution >= 0.6 is 0 Å². The zero-order chi connectivity index (χ0) is 30.6. The molecule has 2 heterocycles. The van der Waals surface area contributed by atoms with Gasteiger partial charge in [0.2, 0.25) is 5.91 Å². The van der Waals surface area contributed by atoms with E-state index in [1.165, 1.54) is 24.3 Å². The number of nitrogens with two attached hydrogens (primary N) is 1. The van der Waals surface area contributed by atoms with Crippen LogP contribution in [0.5, 0.6) is 5.75 Å². The van der Waals surface area contributed by atoms with Crippen LogP contribution in [0, 0.1) is 13.8 Å². The summed E-state index contributed by atoms with van der Waals surface area (Å²) in [6.45, 7) is 5.42. The van der Waals surface area contributed by atoms with E-state index in [0.717, 1.165) is 33.3 Å². The van der Waals surface area contributed by atoms with Gasteiger partial charge in [0.25, 0.3) is 10.0 Å². The maximum Gasteiger partial charge on any atom is 0.264 e. The highest BCUT2D eigenvalue weighted by molar-refractivity contribution is 7.89. The first-order valence-corrected chi connectivity index (χ1v) is 15.7. The largest absolute Gasteiger partial charge is 0.489 e. The standard InChI is InChI=1S/C32H37N5O5S/c1-22-7-9-24(10-8-22)18-26-19-34-15-16-36(26)31(32(33)38)20-37(39)43(40,41)28-13-11-27(12-14-28)42-21-25-17-23(2)35-30-6-4-3-5-29(25)30/h3-14,17,26,31,34,39H,15-16,18-21H2,1-2H3,(H2,33,38)/t26-,31-/m0/s1. The van der Waals surface area contributed by atoms with Crippen molar-refractivity contribution in [3.05, 3.63) is 101 Å². The number of sulfonamides is 1. The molecule has 0 saturated carbocycles. The number of aryl methyl sites for hydroxylation is 2. The van der Waals surface area contributed by atoms with Crippen molar-refractivity contribution in [1.29, 1.82) is 0 Å². The summed E-state index contributed by atoms with van der Waals surface area (Å²) in [5.74, 6) is -0.232. The number of primary amides is 1. The molecule has 226 valence electrons. The van der Waals surface area contributed by atoms with Crippen LogP contribution in [-0.4, -0.2) is 72.1 Å². The fraction of sp³-hybridized carbons (Fsp3) is 0.312. The number of piperazine rings is 1. The molecule has 1 saturated heterocycles. The van der Waals surface area contributed by atoms with Gasteiger partial charge in [0.15, 0.2) is 0 Å². The van der Waals surface area contributed by atoms with Crippen LogP contribution in [0.4, 0.5) is 0 Å². The molecule has 0 aliphatic carbocycles. The van der Waals surface area contributed by atoms with Crippen molar-refractivity contribution in [2.45, 2.75) is 43.9 Å². The van der Waals surface area contributed by atoms with E-state index in [1.807, 2.05) is 73.3 Å². The molecule has 0 unspecified atom stereocenters. The zero-order valence-corrected chi connectivity index (χ0v) is 25.1. The van der Waals surface area contributed by atoms with E-state index in [2.05, 4.69) is 10.3 Å². The number of hydroxylamine groups is 1. The van der Waals surface area contributed by atoms with Crippen LogP contribution in [-0.2, 0) is 27.8 Å². The number of fused-ring (bicyclic) bond motifs is 1. The highest BCUT2D eigenvalue weighted by Gasteiger charge is 2.36. The van der Waals surface area contributed by atoms with Crippen LogP contribution in [0.2, 0.25) is 0 Å². The van der Waals surface area contributed by atoms with E-state index >= 15 is 0 Å². The smallest absolute Gasteiger partial charge is 0.264 e. The summed E-state index contributed by atoms with van der Waals surface area (Å²) in [6.07, 6.45) is 0.644. The Balaban J connectivity index is 1.27. The van der Waals surface area contributed by atoms with E-state index in [-0.39, 0.29) is 22.0 Å². The Morgan fingerprint density at radius 2 is 1.84 bits per heavy atom. The number of ether oxygens (including phenoxy) is 1. The van der Waals surface area contributed by atoms with Crippen molar-refractivity contribution in [1.82, 2.24) is 19.7 Å². The average Bonchev–Trinajstić information content (AvgIpc) is 3.00. The van der Waals surface area contributed by atoms with Crippen LogP contribution in [0.1, 0.15) is 22.4 Å². The maximum absolute atomic E-state index is 13.3. The molecule has 10 nitrogen and oxygen atoms in total. The van der Waals surface area contributed by atoms with Gasteiger partial charge in [-0.05, 0) is 62.2 Å². The number of nitrogens with one attached hydrogen (secondary N) is 1. The minimum Gasteiger partial charge on any atom is -0.489 e. The van der Waals surface area contributed by atoms with E-state index in [9.17, 15) is 18.4 Å². The van der Waals surface area contributed by atoms with E-state index in [0.29, 0.717) is 31.8 Å². The van der Waals surface area contributed by atoms with Gasteiger partial charge in [0.05, 0.1) is 17.0 Å². The van der Waals surface area contributed by atoms with Crippen molar-refractivity contribution in [2.75, 3.05) is 26.2 Å². The molecule has 1 fully saturated rings. The van der Waals surface area contributed by atoms with E-state index in [4.69, 9.17) is 10.5 Å². The third-order valence-corrected chi connectivity index (χ3v) is 9.34. The number of aromatic nitrogens is 1. The summed E-state index contributed by atoms with van der Waals surface area (Å²) in [5.41, 5.74) is 10.7. The molecule has 11 heteroatoms. The molecule has 1 aliphatic rings. The minimum absolute atomic E-state index is 0.109. The Morgan fingerprint density at radius 1 is 1.12 bits per heavy atom. The van der Waals surface area contributed by atoms with Gasteiger partial charge in [-0.2, -0.15) is 0 Å². The van der Waals surface area contributed by atoms with Gasteiger partial charge in [-0.3, -0.25) is 19.9 Å². The predicted octanol–water partition coefficient (Wildman–Crippen LogP) is 3.18. The van der Waals surface area contributed by atoms with Crippen LogP contribution in [0.15, 0.2) is 83.8 Å². The van der Waals surface area contributed by atoms with Gasteiger partial charge in [-0.15, -0.1) is 0 Å². The van der Waals surface area contributed by atoms with Gasteiger partial charge in [-0.25, -0.2) is 8.42 Å². The lowest BCUT2D eigenvalue weighted by molar-refractivity contribution is -0.128. The summed E-state index contributed by atoms with van der Waals surface area (Å²) >= 11 is 0. The normalized spacial score (nSPS) is 16.8. The summed E-state index contributed by atoms with van der Waals surface area (Å²) in [6, 6.07) is 22.6. The highest BCUT2D eigenvalue weighted by atomic mass is 32.2. The molecule has 1 amide bonds. The quantitative estimate of drug-likeness (QED) is 0.222. The van der Waals surface area contributed by atoms with Gasteiger partial charge in [0.1, 0.15) is 18.4 Å². The van der Waals surface area contributed by atoms with Crippen molar-refractivity contribution in [3.8, 4) is 5.75 Å². The lowest BCUT2D eigenvalue weighted by atomic mass is 10.00. The second-order valence-electron chi connectivity index (χ2n) is 10.9. The third-order valence-electron chi connectivity index (χ3n) is 7.77. The molecule has 0 spiro atoms. The highest BCUT2D eigenvalue weighted by Crippen LogP contribution is 2.24. The fourth-order valence-electron chi connectivity index (χ4n) is 5.48. The van der Waals surface area contributed by atoms with Crippen molar-refractivity contribution < 1.29 is 23.2 Å². The number of benzene rings is 3. The van der Waals surface area contributed by atoms with Gasteiger partial charge in [-0.1, -0.05) is 52.5 Å². The minimum atomic E-state index is -4.33. The average molecular weight is 604 g/mol. The van der Waals surface area contributed by atoms with Crippen LogP contribution in [0.3, 0.4) is 0 Å². The van der Waals surface area contributed by atoms with Gasteiger partial charge in [0, 0.05) is 42.3 Å². The number of carbonyl (C=O) groups is 1. The molecule has 43 heavy (non-hydrogen) atoms. The molecule has 4 N–H and O–H groups in total. The maximum atomic E-state index is 13.3. The molecular weight excluding hydrogens is 566 g/mol. The molecular formula is C32H37N5O5S. The fourth-order valence-corrected chi connectivity index (χ4v) is 6.54. The number of para-hydroxylation sites is 1. The molecule has 1 aromatic heterocycles. The van der Waals surface area contributed by atoms with Crippen molar-refractivity contribution >= 4 is 26.8 Å². The number of nitrogens with zero attached hydrogens (tertiary/aromatic N) is 3. The number of hydrogen-bond acceptors (Lipinski definition) is 8. The van der Waals surface area contributed by atoms with Crippen molar-refractivity contribution in [3.63, 3.8) is 0 Å². The number of hydrogen-bond donors (Lipinski definition) is 3. The van der Waals surface area contributed by atoms with Crippen molar-refractivity contribution in [2.24, 2.45) is 5.73 Å². The van der Waals surface area contributed by atoms with E-state index < -0.39 is 28.5 Å². The Bertz CT molecular complexity index is 1680. The second-order valence-corrected chi connectivity index (χ2v) is 12.8. The Hall–Kier alpha value is -3.87. The molecule has 4 aromatic rings. The van der Waals surface area contributed by atoms with Gasteiger partial charge >= 0.3 is 0 Å². The van der Waals surface area contributed by atoms with Gasteiger partial charge < -0.3 is 15.8 Å². The zero-order valence-electron chi connectivity index (χ0n) is 24.3. The first-order valence-electron chi connectivity index (χ1n) is 14.2. The summed E-state index contributed by atoms with van der Waals surface area (Å²) < 4.78 is 32.8. The summed E-state index contributed by atoms with van der Waals surface area (Å²) in [7, 11) is -4.33. The second kappa shape index (κ2) is 13.2. The number of amides is 1. The number of carbonyl (C=O) groups excluding carboxylic acids is 1. The molecule has 0 bridgehead atoms. The predicted molar refractivity (Wildman–Crippen MR) is 164 cm³/mol. The third kappa shape index (κ3) is 7.20. The van der Waals surface area contributed by atoms with Crippen LogP contribution < -0.4 is 15.8 Å². The number of rotatable bonds is 11. The molecule has 2 atom stereocenters.